The first kappa shape index (κ1) is 24.2. The number of aromatic nitrogens is 2. The van der Waals surface area contributed by atoms with E-state index < -0.39 is 0 Å². The lowest BCUT2D eigenvalue weighted by Gasteiger charge is -2.14. The predicted octanol–water partition coefficient (Wildman–Crippen LogP) is 5.52. The summed E-state index contributed by atoms with van der Waals surface area (Å²) in [5, 5.41) is 11.8. The number of halogens is 1. The van der Waals surface area contributed by atoms with Crippen LogP contribution in [0.25, 0.3) is 11.4 Å². The predicted molar refractivity (Wildman–Crippen MR) is 124 cm³/mol. The molecule has 0 radical (unpaired) electrons. The van der Waals surface area contributed by atoms with Crippen molar-refractivity contribution >= 4 is 18.4 Å². The Morgan fingerprint density at radius 1 is 1.17 bits per heavy atom. The maximum Gasteiger partial charge on any atom is 0.231 e. The van der Waals surface area contributed by atoms with Crippen molar-refractivity contribution in [3.63, 3.8) is 0 Å². The molecule has 1 unspecified atom stereocenters. The molecule has 166 valence electrons. The van der Waals surface area contributed by atoms with Gasteiger partial charge in [0, 0.05) is 18.7 Å². The van der Waals surface area contributed by atoms with Crippen molar-refractivity contribution in [2.75, 3.05) is 13.1 Å². The van der Waals surface area contributed by atoms with Gasteiger partial charge < -0.3 is 15.2 Å². The molecule has 0 spiro atoms. The van der Waals surface area contributed by atoms with Crippen LogP contribution in [0.3, 0.4) is 0 Å². The SMILES string of the molecule is CCCCCCCCCCc1cccc(-c2noc(C3CCN(C(=N)N)C3)n2)c1.Cl. The minimum Gasteiger partial charge on any atom is -0.370 e. The Balaban J connectivity index is 0.00000320. The van der Waals surface area contributed by atoms with Crippen LogP contribution in [-0.2, 0) is 6.42 Å². The molecule has 1 fully saturated rings. The number of rotatable bonds is 11. The first-order valence-corrected chi connectivity index (χ1v) is 11.2. The van der Waals surface area contributed by atoms with E-state index in [0.29, 0.717) is 18.3 Å². The number of hydrogen-bond acceptors (Lipinski definition) is 4. The van der Waals surface area contributed by atoms with Gasteiger partial charge in [-0.15, -0.1) is 12.4 Å². The number of unbranched alkanes of at least 4 members (excludes halogenated alkanes) is 7. The lowest BCUT2D eigenvalue weighted by molar-refractivity contribution is 0.354. The second-order valence-corrected chi connectivity index (χ2v) is 8.20. The van der Waals surface area contributed by atoms with Gasteiger partial charge in [0.2, 0.25) is 11.7 Å². The van der Waals surface area contributed by atoms with Crippen LogP contribution in [-0.4, -0.2) is 34.1 Å². The van der Waals surface area contributed by atoms with E-state index in [2.05, 4.69) is 35.3 Å². The van der Waals surface area contributed by atoms with Crippen molar-refractivity contribution in [3.05, 3.63) is 35.7 Å². The molecule has 3 N–H and O–H groups in total. The smallest absolute Gasteiger partial charge is 0.231 e. The van der Waals surface area contributed by atoms with Crippen LogP contribution in [0, 0.1) is 5.41 Å². The van der Waals surface area contributed by atoms with Gasteiger partial charge in [-0.1, -0.05) is 75.2 Å². The molecule has 1 aliphatic heterocycles. The summed E-state index contributed by atoms with van der Waals surface area (Å²) in [4.78, 5) is 6.47. The first-order chi connectivity index (χ1) is 14.2. The van der Waals surface area contributed by atoms with Gasteiger partial charge >= 0.3 is 0 Å². The summed E-state index contributed by atoms with van der Waals surface area (Å²) in [6.45, 7) is 3.71. The molecule has 6 nitrogen and oxygen atoms in total. The molecule has 0 aliphatic carbocycles. The monoisotopic (exact) mass is 433 g/mol. The summed E-state index contributed by atoms with van der Waals surface area (Å²) in [5.74, 6) is 1.57. The third-order valence-corrected chi connectivity index (χ3v) is 5.82. The Morgan fingerprint density at radius 2 is 1.90 bits per heavy atom. The van der Waals surface area contributed by atoms with E-state index in [4.69, 9.17) is 15.7 Å². The van der Waals surface area contributed by atoms with Crippen LogP contribution in [0.5, 0.6) is 0 Å². The average Bonchev–Trinajstić information content (AvgIpc) is 3.40. The van der Waals surface area contributed by atoms with Gasteiger partial charge in [0.25, 0.3) is 0 Å². The molecule has 0 saturated carbocycles. The van der Waals surface area contributed by atoms with E-state index in [9.17, 15) is 0 Å². The van der Waals surface area contributed by atoms with Gasteiger partial charge in [0.15, 0.2) is 5.96 Å². The maximum absolute atomic E-state index is 7.56. The molecule has 2 aromatic rings. The van der Waals surface area contributed by atoms with Crippen LogP contribution < -0.4 is 5.73 Å². The lowest BCUT2D eigenvalue weighted by atomic mass is 10.0. The van der Waals surface area contributed by atoms with Crippen molar-refractivity contribution in [3.8, 4) is 11.4 Å². The van der Waals surface area contributed by atoms with Crippen molar-refractivity contribution in [1.29, 1.82) is 5.41 Å². The van der Waals surface area contributed by atoms with Crippen molar-refractivity contribution in [1.82, 2.24) is 15.0 Å². The molecule has 1 aromatic carbocycles. The largest absolute Gasteiger partial charge is 0.370 e. The molecule has 1 aliphatic rings. The van der Waals surface area contributed by atoms with Gasteiger partial charge in [-0.05, 0) is 30.9 Å². The normalized spacial score (nSPS) is 15.9. The summed E-state index contributed by atoms with van der Waals surface area (Å²) < 4.78 is 5.53. The average molecular weight is 434 g/mol. The van der Waals surface area contributed by atoms with Crippen LogP contribution in [0.2, 0.25) is 0 Å². The number of aryl methyl sites for hydroxylation is 1. The standard InChI is InChI=1S/C23H35N5O.ClH/c1-2-3-4-5-6-7-8-9-11-18-12-10-13-19(16-18)21-26-22(29-27-21)20-14-15-28(17-20)23(24)25;/h10,12-13,16,20H,2-9,11,14-15,17H2,1H3,(H3,24,25);1H. The van der Waals surface area contributed by atoms with E-state index in [0.717, 1.165) is 24.9 Å². The van der Waals surface area contributed by atoms with Crippen LogP contribution >= 0.6 is 12.4 Å². The lowest BCUT2D eigenvalue weighted by Crippen LogP contribution is -2.34. The number of nitrogens with one attached hydrogen (secondary N) is 1. The molecule has 0 bridgehead atoms. The third-order valence-electron chi connectivity index (χ3n) is 5.82. The van der Waals surface area contributed by atoms with Crippen molar-refractivity contribution in [2.45, 2.75) is 77.0 Å². The van der Waals surface area contributed by atoms with Gasteiger partial charge in [0.05, 0.1) is 5.92 Å². The fourth-order valence-corrected chi connectivity index (χ4v) is 4.03. The number of guanidine groups is 1. The summed E-state index contributed by atoms with van der Waals surface area (Å²) >= 11 is 0. The molecule has 2 heterocycles. The molecule has 3 rings (SSSR count). The molecule has 1 atom stereocenters. The molecular weight excluding hydrogens is 398 g/mol. The van der Waals surface area contributed by atoms with Gasteiger partial charge in [0.1, 0.15) is 0 Å². The minimum atomic E-state index is 0. The highest BCUT2D eigenvalue weighted by atomic mass is 35.5. The molecule has 0 amide bonds. The third kappa shape index (κ3) is 7.01. The highest BCUT2D eigenvalue weighted by molar-refractivity contribution is 5.85. The van der Waals surface area contributed by atoms with Crippen LogP contribution in [0.1, 0.15) is 82.1 Å². The van der Waals surface area contributed by atoms with Crippen molar-refractivity contribution < 1.29 is 4.52 Å². The Hall–Kier alpha value is -2.08. The zero-order chi connectivity index (χ0) is 20.5. The van der Waals surface area contributed by atoms with E-state index in [-0.39, 0.29) is 24.3 Å². The minimum absolute atomic E-state index is 0. The maximum atomic E-state index is 7.56. The molecule has 7 heteroatoms. The molecule has 1 aromatic heterocycles. The van der Waals surface area contributed by atoms with E-state index >= 15 is 0 Å². The number of benzene rings is 1. The van der Waals surface area contributed by atoms with Crippen LogP contribution in [0.4, 0.5) is 0 Å². The summed E-state index contributed by atoms with van der Waals surface area (Å²) in [5.41, 5.74) is 7.93. The zero-order valence-electron chi connectivity index (χ0n) is 18.1. The topological polar surface area (TPSA) is 92.0 Å². The Labute approximate surface area is 186 Å². The van der Waals surface area contributed by atoms with Gasteiger partial charge in [-0.25, -0.2) is 0 Å². The second kappa shape index (κ2) is 12.6. The number of nitrogens with two attached hydrogens (primary N) is 1. The quantitative estimate of drug-likeness (QED) is 0.276. The Kier molecular flexibility index (Phi) is 10.1. The van der Waals surface area contributed by atoms with E-state index in [1.165, 1.54) is 56.9 Å². The summed E-state index contributed by atoms with van der Waals surface area (Å²) in [6.07, 6.45) is 12.7. The first-order valence-electron chi connectivity index (χ1n) is 11.2. The second-order valence-electron chi connectivity index (χ2n) is 8.20. The summed E-state index contributed by atoms with van der Waals surface area (Å²) in [7, 11) is 0. The highest BCUT2D eigenvalue weighted by Gasteiger charge is 2.29. The molecular formula is C23H36ClN5O. The number of hydrogen-bond donors (Lipinski definition) is 2. The van der Waals surface area contributed by atoms with Gasteiger partial charge in [-0.3, -0.25) is 5.41 Å². The zero-order valence-corrected chi connectivity index (χ0v) is 18.9. The van der Waals surface area contributed by atoms with E-state index in [1.54, 1.807) is 0 Å². The van der Waals surface area contributed by atoms with Crippen molar-refractivity contribution in [2.24, 2.45) is 5.73 Å². The number of likely N-dealkylation sites (tertiary alicyclic amines) is 1. The highest BCUT2D eigenvalue weighted by Crippen LogP contribution is 2.28. The fraction of sp³-hybridized carbons (Fsp3) is 0.609. The van der Waals surface area contributed by atoms with Crippen LogP contribution in [0.15, 0.2) is 28.8 Å². The molecule has 1 saturated heterocycles. The Morgan fingerprint density at radius 3 is 2.60 bits per heavy atom. The summed E-state index contributed by atoms with van der Waals surface area (Å²) in [6, 6.07) is 8.50. The van der Waals surface area contributed by atoms with Gasteiger partial charge in [-0.2, -0.15) is 4.98 Å². The molecule has 30 heavy (non-hydrogen) atoms. The van der Waals surface area contributed by atoms with E-state index in [1.807, 2.05) is 11.0 Å². The Bertz CT molecular complexity index is 778. The fourth-order valence-electron chi connectivity index (χ4n) is 4.03. The number of nitrogens with zero attached hydrogens (tertiary/aromatic N) is 3.